The van der Waals surface area contributed by atoms with E-state index in [4.69, 9.17) is 0 Å². The van der Waals surface area contributed by atoms with E-state index < -0.39 is 12.2 Å². The summed E-state index contributed by atoms with van der Waals surface area (Å²) in [7, 11) is 0. The van der Waals surface area contributed by atoms with Crippen LogP contribution in [0.2, 0.25) is 0 Å². The lowest BCUT2D eigenvalue weighted by Gasteiger charge is -2.72. The van der Waals surface area contributed by atoms with E-state index in [1.807, 2.05) is 0 Å². The van der Waals surface area contributed by atoms with Gasteiger partial charge >= 0.3 is 0 Å². The van der Waals surface area contributed by atoms with Crippen LogP contribution in [0.4, 0.5) is 0 Å². The van der Waals surface area contributed by atoms with E-state index in [-0.39, 0.29) is 21.7 Å². The molecule has 9 atom stereocenters. The van der Waals surface area contributed by atoms with E-state index in [2.05, 4.69) is 61.5 Å². The van der Waals surface area contributed by atoms with Crippen molar-refractivity contribution in [2.75, 3.05) is 0 Å². The predicted octanol–water partition coefficient (Wildman–Crippen LogP) is 7.14. The van der Waals surface area contributed by atoms with Crippen molar-refractivity contribution < 1.29 is 10.2 Å². The molecule has 2 N–H and O–H groups in total. The van der Waals surface area contributed by atoms with Crippen LogP contribution in [0, 0.1) is 50.2 Å². The van der Waals surface area contributed by atoms with Crippen molar-refractivity contribution in [3.05, 3.63) is 11.6 Å². The van der Waals surface area contributed by atoms with Gasteiger partial charge in [0.25, 0.3) is 0 Å². The highest BCUT2D eigenvalue weighted by atomic mass is 16.3. The van der Waals surface area contributed by atoms with Crippen molar-refractivity contribution in [3.8, 4) is 0 Å². The van der Waals surface area contributed by atoms with Crippen LogP contribution in [-0.2, 0) is 0 Å². The van der Waals surface area contributed by atoms with Gasteiger partial charge < -0.3 is 10.2 Å². The van der Waals surface area contributed by atoms with Crippen molar-refractivity contribution in [3.63, 3.8) is 0 Å². The molecule has 32 heavy (non-hydrogen) atoms. The molecule has 0 amide bonds. The van der Waals surface area contributed by atoms with E-state index >= 15 is 0 Å². The number of rotatable bonds is 0. The fraction of sp³-hybridized carbons (Fsp3) is 0.933. The maximum Gasteiger partial charge on any atom is 0.0624 e. The summed E-state index contributed by atoms with van der Waals surface area (Å²) in [6, 6.07) is 0. The molecule has 5 aliphatic rings. The number of allylic oxidation sites excluding steroid dienone is 2. The molecular weight excluding hydrogens is 392 g/mol. The quantitative estimate of drug-likeness (QED) is 0.391. The number of aliphatic hydroxyl groups is 2. The first kappa shape index (κ1) is 23.4. The van der Waals surface area contributed by atoms with Crippen LogP contribution in [0.3, 0.4) is 0 Å². The Balaban J connectivity index is 1.60. The van der Waals surface area contributed by atoms with Crippen molar-refractivity contribution in [2.45, 2.75) is 125 Å². The van der Waals surface area contributed by atoms with E-state index in [0.29, 0.717) is 29.1 Å². The molecule has 182 valence electrons. The topological polar surface area (TPSA) is 40.5 Å². The van der Waals surface area contributed by atoms with Gasteiger partial charge in [0.05, 0.1) is 12.2 Å². The molecule has 2 nitrogen and oxygen atoms in total. The first-order valence-corrected chi connectivity index (χ1v) is 13.7. The first-order valence-electron chi connectivity index (χ1n) is 13.7. The summed E-state index contributed by atoms with van der Waals surface area (Å²) in [6.45, 7) is 19.7. The average Bonchev–Trinajstić information content (AvgIpc) is 2.68. The van der Waals surface area contributed by atoms with Crippen LogP contribution in [0.1, 0.15) is 113 Å². The van der Waals surface area contributed by atoms with Crippen molar-refractivity contribution in [1.29, 1.82) is 0 Å². The molecule has 0 radical (unpaired) electrons. The molecule has 4 fully saturated rings. The Hall–Kier alpha value is -0.340. The molecule has 4 saturated carbocycles. The van der Waals surface area contributed by atoms with Crippen molar-refractivity contribution in [2.24, 2.45) is 50.2 Å². The monoisotopic (exact) mass is 442 g/mol. The molecule has 0 aromatic carbocycles. The van der Waals surface area contributed by atoms with Gasteiger partial charge in [-0.05, 0) is 96.2 Å². The summed E-state index contributed by atoms with van der Waals surface area (Å²) in [6.07, 6.45) is 12.7. The number of hydrogen-bond donors (Lipinski definition) is 2. The Morgan fingerprint density at radius 3 is 2.12 bits per heavy atom. The molecule has 0 bridgehead atoms. The summed E-state index contributed by atoms with van der Waals surface area (Å²) in [5, 5.41) is 22.4. The second-order valence-electron chi connectivity index (χ2n) is 15.3. The minimum atomic E-state index is -0.402. The molecule has 5 rings (SSSR count). The van der Waals surface area contributed by atoms with E-state index in [1.165, 1.54) is 38.5 Å². The zero-order chi connectivity index (χ0) is 23.5. The molecule has 0 aromatic rings. The summed E-state index contributed by atoms with van der Waals surface area (Å²) >= 11 is 0. The normalized spacial score (nSPS) is 56.2. The molecule has 2 heteroatoms. The number of fused-ring (bicyclic) bond motifs is 7. The zero-order valence-corrected chi connectivity index (χ0v) is 22.2. The summed E-state index contributed by atoms with van der Waals surface area (Å²) in [5.41, 5.74) is 2.94. The Morgan fingerprint density at radius 2 is 1.44 bits per heavy atom. The van der Waals surface area contributed by atoms with Crippen LogP contribution >= 0.6 is 0 Å². The Bertz CT molecular complexity index is 825. The van der Waals surface area contributed by atoms with Crippen LogP contribution in [-0.4, -0.2) is 22.4 Å². The maximum atomic E-state index is 11.5. The standard InChI is InChI=1S/C30H50O2/c1-25(2)13-14-27(5)15-16-28(6)19(20(27)18-25)9-10-22-29(28,7)12-11-21-26(3,4)23(31)17-24(32)30(21,22)8/h9,20-24,31-32H,10-18H2,1-8H3/t20-,21-,22-,23-,24?,27+,28+,29+,30-/m0/s1. The van der Waals surface area contributed by atoms with Crippen molar-refractivity contribution in [1.82, 2.24) is 0 Å². The van der Waals surface area contributed by atoms with Gasteiger partial charge in [-0.2, -0.15) is 0 Å². The Morgan fingerprint density at radius 1 is 0.781 bits per heavy atom. The van der Waals surface area contributed by atoms with Crippen LogP contribution in [0.15, 0.2) is 11.6 Å². The SMILES string of the molecule is CC1(C)CC[C@]2(C)CC[C@]3(C)C(=CC[C@@H]4[C@@]5(C)C(O)C[C@H](O)C(C)(C)[C@@H]5CC[C@]43C)[C@@H]2C1. The first-order chi connectivity index (χ1) is 14.6. The van der Waals surface area contributed by atoms with Crippen molar-refractivity contribution >= 4 is 0 Å². The van der Waals surface area contributed by atoms with E-state index in [9.17, 15) is 10.2 Å². The minimum absolute atomic E-state index is 0.118. The van der Waals surface area contributed by atoms with Gasteiger partial charge in [-0.15, -0.1) is 0 Å². The van der Waals surface area contributed by atoms with Gasteiger partial charge in [-0.25, -0.2) is 0 Å². The van der Waals surface area contributed by atoms with E-state index in [0.717, 1.165) is 18.8 Å². The Labute approximate surface area is 197 Å². The largest absolute Gasteiger partial charge is 0.392 e. The van der Waals surface area contributed by atoms with Gasteiger partial charge in [0, 0.05) is 11.8 Å². The maximum absolute atomic E-state index is 11.5. The minimum Gasteiger partial charge on any atom is -0.392 e. The highest BCUT2D eigenvalue weighted by Gasteiger charge is 2.69. The van der Waals surface area contributed by atoms with Crippen LogP contribution in [0.25, 0.3) is 0 Å². The highest BCUT2D eigenvalue weighted by Crippen LogP contribution is 2.75. The summed E-state index contributed by atoms with van der Waals surface area (Å²) in [5.74, 6) is 1.60. The second kappa shape index (κ2) is 6.66. The van der Waals surface area contributed by atoms with Crippen LogP contribution < -0.4 is 0 Å². The van der Waals surface area contributed by atoms with Gasteiger partial charge in [-0.1, -0.05) is 67.0 Å². The molecule has 5 aliphatic carbocycles. The molecule has 0 saturated heterocycles. The molecule has 0 aromatic heterocycles. The van der Waals surface area contributed by atoms with Gasteiger partial charge in [0.1, 0.15) is 0 Å². The third kappa shape index (κ3) is 2.72. The molecule has 1 unspecified atom stereocenters. The highest BCUT2D eigenvalue weighted by molar-refractivity contribution is 5.33. The second-order valence-corrected chi connectivity index (χ2v) is 15.3. The van der Waals surface area contributed by atoms with Crippen LogP contribution in [0.5, 0.6) is 0 Å². The van der Waals surface area contributed by atoms with Gasteiger partial charge in [-0.3, -0.25) is 0 Å². The predicted molar refractivity (Wildman–Crippen MR) is 132 cm³/mol. The van der Waals surface area contributed by atoms with E-state index in [1.54, 1.807) is 5.57 Å². The summed E-state index contributed by atoms with van der Waals surface area (Å²) < 4.78 is 0. The fourth-order valence-electron chi connectivity index (χ4n) is 10.4. The smallest absolute Gasteiger partial charge is 0.0624 e. The molecule has 0 heterocycles. The lowest BCUT2D eigenvalue weighted by atomic mass is 9.33. The third-order valence-corrected chi connectivity index (χ3v) is 13.2. The molecular formula is C30H50O2. The lowest BCUT2D eigenvalue weighted by molar-refractivity contribution is -0.243. The van der Waals surface area contributed by atoms with Gasteiger partial charge in [0.2, 0.25) is 0 Å². The molecule has 0 spiro atoms. The third-order valence-electron chi connectivity index (χ3n) is 13.2. The summed E-state index contributed by atoms with van der Waals surface area (Å²) in [4.78, 5) is 0. The zero-order valence-electron chi connectivity index (χ0n) is 22.2. The molecule has 0 aliphatic heterocycles. The number of aliphatic hydroxyl groups excluding tert-OH is 2. The average molecular weight is 443 g/mol. The number of hydrogen-bond acceptors (Lipinski definition) is 2. The fourth-order valence-corrected chi connectivity index (χ4v) is 10.4. The van der Waals surface area contributed by atoms with Gasteiger partial charge in [0.15, 0.2) is 0 Å². The lowest BCUT2D eigenvalue weighted by Crippen LogP contribution is -2.68. The Kier molecular flexibility index (Phi) is 4.87.